The fraction of sp³-hybridized carbons (Fsp3) is 0.444. The van der Waals surface area contributed by atoms with Crippen LogP contribution in [-0.2, 0) is 19.1 Å². The van der Waals surface area contributed by atoms with E-state index >= 15 is 0 Å². The maximum Gasteiger partial charge on any atom is 0.338 e. The Kier molecular flexibility index (Phi) is 10.8. The fourth-order valence-electron chi connectivity index (χ4n) is 3.69. The van der Waals surface area contributed by atoms with E-state index in [4.69, 9.17) is 14.2 Å². The molecule has 1 aliphatic heterocycles. The van der Waals surface area contributed by atoms with Crippen LogP contribution >= 0.6 is 11.8 Å². The number of esters is 2. The summed E-state index contributed by atoms with van der Waals surface area (Å²) in [7, 11) is 5.42. The van der Waals surface area contributed by atoms with Crippen LogP contribution in [0.5, 0.6) is 5.75 Å². The van der Waals surface area contributed by atoms with E-state index in [-0.39, 0.29) is 13.3 Å². The second-order valence-corrected chi connectivity index (χ2v) is 9.64. The van der Waals surface area contributed by atoms with Crippen molar-refractivity contribution in [3.05, 3.63) is 53.6 Å². The van der Waals surface area contributed by atoms with Crippen molar-refractivity contribution < 1.29 is 28.6 Å². The number of hydrogen-bond donors (Lipinski definition) is 0. The number of carbonyl (C=O) groups excluding carboxylic acids is 3. The van der Waals surface area contributed by atoms with Gasteiger partial charge < -0.3 is 24.0 Å². The molecule has 1 amide bonds. The number of carbonyl (C=O) groups is 3. The molecule has 0 saturated carbocycles. The monoisotopic (exact) mass is 516 g/mol. The van der Waals surface area contributed by atoms with Gasteiger partial charge in [-0.25, -0.2) is 4.79 Å². The van der Waals surface area contributed by atoms with Gasteiger partial charge in [0, 0.05) is 24.9 Å². The molecule has 9 heteroatoms. The molecule has 0 radical (unpaired) electrons. The molecular weight excluding hydrogens is 480 g/mol. The molecule has 0 N–H and O–H groups in total. The standard InChI is InChI=1S/C26H32N2O6S.CH4/c1-6-15-33-26(31)19-9-12-22-21(16-19)28(14-13-27(3)4)25(30)23(34-17(2)29)24(35-22)18-7-10-20(32-5)11-8-18;/h7-12,16,23-24H,6,13-15H2,1-5H3;1H4/t23-,24+;/m1./s1. The van der Waals surface area contributed by atoms with Crippen molar-refractivity contribution in [3.8, 4) is 5.75 Å². The molecule has 2 aromatic rings. The number of fused-ring (bicyclic) bond motifs is 1. The lowest BCUT2D eigenvalue weighted by atomic mass is 10.1. The number of methoxy groups -OCH3 is 1. The molecular formula is C27H36N2O6S. The molecule has 0 bridgehead atoms. The van der Waals surface area contributed by atoms with E-state index in [1.165, 1.54) is 18.7 Å². The molecule has 2 atom stereocenters. The van der Waals surface area contributed by atoms with Crippen molar-refractivity contribution in [1.82, 2.24) is 4.90 Å². The second kappa shape index (κ2) is 13.3. The van der Waals surface area contributed by atoms with Crippen LogP contribution in [0.2, 0.25) is 0 Å². The number of anilines is 1. The maximum atomic E-state index is 13.9. The number of benzene rings is 2. The summed E-state index contributed by atoms with van der Waals surface area (Å²) in [5, 5.41) is -0.488. The summed E-state index contributed by atoms with van der Waals surface area (Å²) in [4.78, 5) is 42.9. The Labute approximate surface area is 217 Å². The number of ether oxygens (including phenoxy) is 3. The predicted molar refractivity (Wildman–Crippen MR) is 142 cm³/mol. The number of amides is 1. The summed E-state index contributed by atoms with van der Waals surface area (Å²) in [6.45, 7) is 4.49. The molecule has 0 unspecified atom stereocenters. The summed E-state index contributed by atoms with van der Waals surface area (Å²) in [6, 6.07) is 12.6. The average Bonchev–Trinajstić information content (AvgIpc) is 2.95. The van der Waals surface area contributed by atoms with E-state index in [0.29, 0.717) is 43.1 Å². The highest BCUT2D eigenvalue weighted by Crippen LogP contribution is 2.47. The van der Waals surface area contributed by atoms with E-state index in [1.54, 1.807) is 24.1 Å². The Balaban J connectivity index is 0.00000456. The molecule has 8 nitrogen and oxygen atoms in total. The zero-order valence-corrected chi connectivity index (χ0v) is 21.6. The Hall–Kier alpha value is -3.04. The summed E-state index contributed by atoms with van der Waals surface area (Å²) >= 11 is 1.43. The van der Waals surface area contributed by atoms with Crippen LogP contribution < -0.4 is 9.64 Å². The molecule has 3 rings (SSSR count). The van der Waals surface area contributed by atoms with Gasteiger partial charge in [0.15, 0.2) is 6.10 Å². The van der Waals surface area contributed by atoms with Gasteiger partial charge in [0.25, 0.3) is 5.91 Å². The van der Waals surface area contributed by atoms with Crippen molar-refractivity contribution in [1.29, 1.82) is 0 Å². The summed E-state index contributed by atoms with van der Waals surface area (Å²) < 4.78 is 16.2. The van der Waals surface area contributed by atoms with Crippen LogP contribution in [0, 0.1) is 0 Å². The van der Waals surface area contributed by atoms with Gasteiger partial charge in [-0.2, -0.15) is 0 Å². The molecule has 1 aliphatic rings. The lowest BCUT2D eigenvalue weighted by molar-refractivity contribution is -0.152. The zero-order chi connectivity index (χ0) is 25.5. The zero-order valence-electron chi connectivity index (χ0n) is 20.8. The van der Waals surface area contributed by atoms with Crippen LogP contribution in [0.1, 0.15) is 48.9 Å². The summed E-state index contributed by atoms with van der Waals surface area (Å²) in [6.07, 6.45) is -0.330. The first kappa shape index (κ1) is 29.2. The minimum atomic E-state index is -1.05. The molecule has 0 spiro atoms. The highest BCUT2D eigenvalue weighted by molar-refractivity contribution is 7.99. The van der Waals surface area contributed by atoms with Gasteiger partial charge in [0.2, 0.25) is 0 Å². The maximum absolute atomic E-state index is 13.9. The topological polar surface area (TPSA) is 85.4 Å². The van der Waals surface area contributed by atoms with Gasteiger partial charge >= 0.3 is 11.9 Å². The van der Waals surface area contributed by atoms with E-state index in [2.05, 4.69) is 0 Å². The van der Waals surface area contributed by atoms with Crippen LogP contribution in [0.3, 0.4) is 0 Å². The highest BCUT2D eigenvalue weighted by atomic mass is 32.2. The minimum absolute atomic E-state index is 0. The number of rotatable bonds is 9. The van der Waals surface area contributed by atoms with Gasteiger partial charge in [-0.05, 0) is 56.4 Å². The average molecular weight is 517 g/mol. The van der Waals surface area contributed by atoms with Crippen molar-refractivity contribution in [2.45, 2.75) is 43.9 Å². The Bertz CT molecular complexity index is 1060. The SMILES string of the molecule is C.CCCOC(=O)c1ccc2c(c1)N(CCN(C)C)C(=O)[C@H](OC(C)=O)[C@H](c1ccc(OC)cc1)S2. The molecule has 2 aromatic carbocycles. The number of hydrogen-bond acceptors (Lipinski definition) is 8. The normalized spacial score (nSPS) is 17.1. The summed E-state index contributed by atoms with van der Waals surface area (Å²) in [5.41, 5.74) is 1.79. The number of thioether (sulfide) groups is 1. The highest BCUT2D eigenvalue weighted by Gasteiger charge is 2.41. The Morgan fingerprint density at radius 2 is 1.81 bits per heavy atom. The number of likely N-dealkylation sites (N-methyl/N-ethyl adjacent to an activating group) is 1. The van der Waals surface area contributed by atoms with Gasteiger partial charge in [-0.1, -0.05) is 26.5 Å². The molecule has 0 saturated heterocycles. The largest absolute Gasteiger partial charge is 0.497 e. The molecule has 36 heavy (non-hydrogen) atoms. The van der Waals surface area contributed by atoms with Gasteiger partial charge in [-0.3, -0.25) is 9.59 Å². The van der Waals surface area contributed by atoms with Crippen molar-refractivity contribution in [2.75, 3.05) is 45.8 Å². The van der Waals surface area contributed by atoms with Gasteiger partial charge in [0.05, 0.1) is 30.2 Å². The molecule has 1 heterocycles. The Morgan fingerprint density at radius 3 is 2.39 bits per heavy atom. The third-order valence-corrected chi connectivity index (χ3v) is 6.84. The van der Waals surface area contributed by atoms with Crippen LogP contribution in [0.15, 0.2) is 47.4 Å². The van der Waals surface area contributed by atoms with Crippen molar-refractivity contribution >= 4 is 35.3 Å². The van der Waals surface area contributed by atoms with Crippen LogP contribution in [0.4, 0.5) is 5.69 Å². The minimum Gasteiger partial charge on any atom is -0.497 e. The van der Waals surface area contributed by atoms with E-state index in [0.717, 1.165) is 10.5 Å². The fourth-order valence-corrected chi connectivity index (χ4v) is 4.99. The van der Waals surface area contributed by atoms with Crippen molar-refractivity contribution in [2.24, 2.45) is 0 Å². The Morgan fingerprint density at radius 1 is 1.11 bits per heavy atom. The molecule has 0 fully saturated rings. The summed E-state index contributed by atoms with van der Waals surface area (Å²) in [5.74, 6) is -0.629. The number of nitrogens with zero attached hydrogens (tertiary/aromatic N) is 2. The third kappa shape index (κ3) is 7.01. The van der Waals surface area contributed by atoms with E-state index < -0.39 is 23.3 Å². The lowest BCUT2D eigenvalue weighted by Crippen LogP contribution is -2.45. The second-order valence-electron chi connectivity index (χ2n) is 8.45. The van der Waals surface area contributed by atoms with Crippen molar-refractivity contribution in [3.63, 3.8) is 0 Å². The first-order valence-electron chi connectivity index (χ1n) is 11.5. The first-order chi connectivity index (χ1) is 16.7. The molecule has 196 valence electrons. The van der Waals surface area contributed by atoms with Crippen LogP contribution in [-0.4, -0.2) is 69.8 Å². The quantitative estimate of drug-likeness (QED) is 0.448. The predicted octanol–water partition coefficient (Wildman–Crippen LogP) is 4.57. The van der Waals surface area contributed by atoms with E-state index in [9.17, 15) is 14.4 Å². The third-order valence-electron chi connectivity index (χ3n) is 5.47. The van der Waals surface area contributed by atoms with Crippen LogP contribution in [0.25, 0.3) is 0 Å². The van der Waals surface area contributed by atoms with E-state index in [1.807, 2.05) is 56.3 Å². The molecule has 0 aliphatic carbocycles. The smallest absolute Gasteiger partial charge is 0.338 e. The lowest BCUT2D eigenvalue weighted by Gasteiger charge is -2.28. The van der Waals surface area contributed by atoms with Gasteiger partial charge in [-0.15, -0.1) is 11.8 Å². The molecule has 0 aromatic heterocycles. The van der Waals surface area contributed by atoms with Gasteiger partial charge in [0.1, 0.15) is 5.75 Å². The first-order valence-corrected chi connectivity index (χ1v) is 12.4.